The standard InChI is InChI=1S/C16H17NO2/c1-10-9-13(19-3)5-6-14(10)16(18)12-4-7-15(17)11(2)8-12/h4-9H,17H2,1-3H3. The summed E-state index contributed by atoms with van der Waals surface area (Å²) in [6.45, 7) is 3.80. The van der Waals surface area contributed by atoms with Crippen molar-refractivity contribution in [2.75, 3.05) is 12.8 Å². The fourth-order valence-electron chi connectivity index (χ4n) is 1.99. The first-order valence-electron chi connectivity index (χ1n) is 6.08. The zero-order chi connectivity index (χ0) is 14.0. The van der Waals surface area contributed by atoms with Crippen LogP contribution in [0.4, 0.5) is 5.69 Å². The SMILES string of the molecule is COc1ccc(C(=O)c2ccc(N)c(C)c2)c(C)c1. The summed E-state index contributed by atoms with van der Waals surface area (Å²) in [6, 6.07) is 10.8. The Morgan fingerprint density at radius 2 is 1.79 bits per heavy atom. The predicted octanol–water partition coefficient (Wildman–Crippen LogP) is 3.13. The predicted molar refractivity (Wildman–Crippen MR) is 76.8 cm³/mol. The van der Waals surface area contributed by atoms with Gasteiger partial charge in [0.2, 0.25) is 0 Å². The minimum absolute atomic E-state index is 0.00301. The van der Waals surface area contributed by atoms with Gasteiger partial charge in [-0.1, -0.05) is 0 Å². The summed E-state index contributed by atoms with van der Waals surface area (Å²) >= 11 is 0. The van der Waals surface area contributed by atoms with E-state index in [0.29, 0.717) is 16.8 Å². The average molecular weight is 255 g/mol. The number of carbonyl (C=O) groups excluding carboxylic acids is 1. The number of aryl methyl sites for hydroxylation is 2. The lowest BCUT2D eigenvalue weighted by Gasteiger charge is -2.08. The third kappa shape index (κ3) is 2.60. The first-order chi connectivity index (χ1) is 9.02. The Bertz CT molecular complexity index is 633. The maximum absolute atomic E-state index is 12.4. The van der Waals surface area contributed by atoms with E-state index in [1.807, 2.05) is 26.0 Å². The summed E-state index contributed by atoms with van der Waals surface area (Å²) in [5, 5.41) is 0. The third-order valence-corrected chi connectivity index (χ3v) is 3.21. The monoisotopic (exact) mass is 255 g/mol. The van der Waals surface area contributed by atoms with Crippen LogP contribution in [0, 0.1) is 13.8 Å². The Kier molecular flexibility index (Phi) is 3.56. The lowest BCUT2D eigenvalue weighted by molar-refractivity contribution is 0.103. The highest BCUT2D eigenvalue weighted by Crippen LogP contribution is 2.21. The molecular weight excluding hydrogens is 238 g/mol. The molecule has 3 nitrogen and oxygen atoms in total. The molecule has 0 aliphatic carbocycles. The molecule has 2 aromatic carbocycles. The van der Waals surface area contributed by atoms with E-state index >= 15 is 0 Å². The van der Waals surface area contributed by atoms with Gasteiger partial charge in [0.15, 0.2) is 5.78 Å². The number of methoxy groups -OCH3 is 1. The Morgan fingerprint density at radius 3 is 2.37 bits per heavy atom. The van der Waals surface area contributed by atoms with Crippen molar-refractivity contribution in [3.8, 4) is 5.75 Å². The molecule has 98 valence electrons. The van der Waals surface area contributed by atoms with Gasteiger partial charge < -0.3 is 10.5 Å². The number of carbonyl (C=O) groups is 1. The Labute approximate surface area is 113 Å². The van der Waals surface area contributed by atoms with Crippen molar-refractivity contribution in [3.05, 3.63) is 58.7 Å². The molecule has 0 radical (unpaired) electrons. The summed E-state index contributed by atoms with van der Waals surface area (Å²) in [7, 11) is 1.61. The molecule has 2 aromatic rings. The molecule has 2 rings (SSSR count). The zero-order valence-corrected chi connectivity index (χ0v) is 11.4. The second kappa shape index (κ2) is 5.14. The maximum atomic E-state index is 12.4. The van der Waals surface area contributed by atoms with Crippen LogP contribution in [0.2, 0.25) is 0 Å². The molecule has 0 spiro atoms. The summed E-state index contributed by atoms with van der Waals surface area (Å²) in [5.74, 6) is 0.755. The molecule has 19 heavy (non-hydrogen) atoms. The van der Waals surface area contributed by atoms with Crippen molar-refractivity contribution in [1.29, 1.82) is 0 Å². The summed E-state index contributed by atoms with van der Waals surface area (Å²) in [6.07, 6.45) is 0. The van der Waals surface area contributed by atoms with Crippen LogP contribution in [0.25, 0.3) is 0 Å². The zero-order valence-electron chi connectivity index (χ0n) is 11.4. The number of rotatable bonds is 3. The van der Waals surface area contributed by atoms with Gasteiger partial charge in [-0.25, -0.2) is 0 Å². The molecule has 0 bridgehead atoms. The average Bonchev–Trinajstić information content (AvgIpc) is 2.41. The van der Waals surface area contributed by atoms with Crippen LogP contribution in [-0.2, 0) is 0 Å². The van der Waals surface area contributed by atoms with Crippen LogP contribution in [0.1, 0.15) is 27.0 Å². The number of anilines is 1. The van der Waals surface area contributed by atoms with Gasteiger partial charge in [-0.05, 0) is 61.4 Å². The van der Waals surface area contributed by atoms with Gasteiger partial charge in [0.1, 0.15) is 5.75 Å². The first kappa shape index (κ1) is 13.1. The number of hydrogen-bond acceptors (Lipinski definition) is 3. The molecule has 0 amide bonds. The second-order valence-electron chi connectivity index (χ2n) is 4.58. The molecule has 0 aliphatic rings. The van der Waals surface area contributed by atoms with E-state index < -0.39 is 0 Å². The van der Waals surface area contributed by atoms with Gasteiger partial charge in [-0.15, -0.1) is 0 Å². The molecule has 0 fully saturated rings. The number of ketones is 1. The topological polar surface area (TPSA) is 52.3 Å². The van der Waals surface area contributed by atoms with Crippen molar-refractivity contribution in [3.63, 3.8) is 0 Å². The van der Waals surface area contributed by atoms with Crippen LogP contribution < -0.4 is 10.5 Å². The van der Waals surface area contributed by atoms with Crippen molar-refractivity contribution in [2.24, 2.45) is 0 Å². The van der Waals surface area contributed by atoms with E-state index in [-0.39, 0.29) is 5.78 Å². The molecule has 3 heteroatoms. The highest BCUT2D eigenvalue weighted by Gasteiger charge is 2.13. The van der Waals surface area contributed by atoms with Crippen LogP contribution in [0.5, 0.6) is 5.75 Å². The highest BCUT2D eigenvalue weighted by molar-refractivity contribution is 6.10. The minimum Gasteiger partial charge on any atom is -0.497 e. The van der Waals surface area contributed by atoms with E-state index in [0.717, 1.165) is 16.9 Å². The van der Waals surface area contributed by atoms with Gasteiger partial charge in [-0.2, -0.15) is 0 Å². The molecule has 0 unspecified atom stereocenters. The van der Waals surface area contributed by atoms with Crippen LogP contribution in [0.15, 0.2) is 36.4 Å². The van der Waals surface area contributed by atoms with Crippen LogP contribution in [0.3, 0.4) is 0 Å². The maximum Gasteiger partial charge on any atom is 0.193 e. The van der Waals surface area contributed by atoms with Crippen molar-refractivity contribution < 1.29 is 9.53 Å². The minimum atomic E-state index is 0.00301. The highest BCUT2D eigenvalue weighted by atomic mass is 16.5. The van der Waals surface area contributed by atoms with Gasteiger partial charge in [0.05, 0.1) is 7.11 Å². The van der Waals surface area contributed by atoms with Gasteiger partial charge in [0.25, 0.3) is 0 Å². The van der Waals surface area contributed by atoms with Crippen LogP contribution in [-0.4, -0.2) is 12.9 Å². The second-order valence-corrected chi connectivity index (χ2v) is 4.58. The molecule has 0 saturated heterocycles. The normalized spacial score (nSPS) is 10.3. The lowest BCUT2D eigenvalue weighted by atomic mass is 9.97. The molecule has 0 heterocycles. The Balaban J connectivity index is 2.41. The molecule has 2 N–H and O–H groups in total. The Hall–Kier alpha value is -2.29. The number of hydrogen-bond donors (Lipinski definition) is 1. The van der Waals surface area contributed by atoms with Crippen molar-refractivity contribution >= 4 is 11.5 Å². The van der Waals surface area contributed by atoms with E-state index in [2.05, 4.69) is 0 Å². The fourth-order valence-corrected chi connectivity index (χ4v) is 1.99. The Morgan fingerprint density at radius 1 is 1.05 bits per heavy atom. The number of nitrogen functional groups attached to an aromatic ring is 1. The van der Waals surface area contributed by atoms with Crippen molar-refractivity contribution in [1.82, 2.24) is 0 Å². The number of nitrogens with two attached hydrogens (primary N) is 1. The van der Waals surface area contributed by atoms with E-state index in [1.165, 1.54) is 0 Å². The quantitative estimate of drug-likeness (QED) is 0.677. The van der Waals surface area contributed by atoms with Gasteiger partial charge >= 0.3 is 0 Å². The summed E-state index contributed by atoms with van der Waals surface area (Å²) in [5.41, 5.74) is 9.62. The van der Waals surface area contributed by atoms with E-state index in [1.54, 1.807) is 31.4 Å². The molecule has 0 aliphatic heterocycles. The van der Waals surface area contributed by atoms with Gasteiger partial charge in [0, 0.05) is 16.8 Å². The summed E-state index contributed by atoms with van der Waals surface area (Å²) < 4.78 is 5.14. The van der Waals surface area contributed by atoms with Gasteiger partial charge in [-0.3, -0.25) is 4.79 Å². The molecule has 0 atom stereocenters. The number of benzene rings is 2. The smallest absolute Gasteiger partial charge is 0.193 e. The van der Waals surface area contributed by atoms with Crippen LogP contribution >= 0.6 is 0 Å². The van der Waals surface area contributed by atoms with Crippen molar-refractivity contribution in [2.45, 2.75) is 13.8 Å². The third-order valence-electron chi connectivity index (χ3n) is 3.21. The number of ether oxygens (including phenoxy) is 1. The molecular formula is C16H17NO2. The van der Waals surface area contributed by atoms with E-state index in [9.17, 15) is 4.79 Å². The largest absolute Gasteiger partial charge is 0.497 e. The first-order valence-corrected chi connectivity index (χ1v) is 6.08. The summed E-state index contributed by atoms with van der Waals surface area (Å²) in [4.78, 5) is 12.4. The lowest BCUT2D eigenvalue weighted by Crippen LogP contribution is -2.05. The van der Waals surface area contributed by atoms with E-state index in [4.69, 9.17) is 10.5 Å². The molecule has 0 aromatic heterocycles. The molecule has 0 saturated carbocycles. The fraction of sp³-hybridized carbons (Fsp3) is 0.188.